The van der Waals surface area contributed by atoms with Crippen molar-refractivity contribution in [2.45, 2.75) is 12.6 Å². The zero-order valence-corrected chi connectivity index (χ0v) is 8.76. The lowest BCUT2D eigenvalue weighted by Crippen LogP contribution is -2.15. The summed E-state index contributed by atoms with van der Waals surface area (Å²) in [6.07, 6.45) is -5.02. The summed E-state index contributed by atoms with van der Waals surface area (Å²) >= 11 is 0. The van der Waals surface area contributed by atoms with Crippen LogP contribution in [-0.2, 0) is 4.74 Å². The van der Waals surface area contributed by atoms with Crippen LogP contribution in [0.4, 0.5) is 18.9 Å². The molecule has 2 nitrogen and oxygen atoms in total. The highest BCUT2D eigenvalue weighted by Gasteiger charge is 2.26. The van der Waals surface area contributed by atoms with E-state index in [1.807, 2.05) is 30.3 Å². The van der Waals surface area contributed by atoms with Gasteiger partial charge in [-0.2, -0.15) is 13.2 Å². The van der Waals surface area contributed by atoms with E-state index in [0.29, 0.717) is 6.54 Å². The molecular weight excluding hydrogens is 219 g/mol. The van der Waals surface area contributed by atoms with Crippen LogP contribution in [0.5, 0.6) is 0 Å². The lowest BCUT2D eigenvalue weighted by atomic mass is 10.3. The molecule has 0 amide bonds. The molecule has 0 unspecified atom stereocenters. The Morgan fingerprint density at radius 2 is 1.75 bits per heavy atom. The first-order chi connectivity index (χ1) is 7.58. The molecule has 5 heteroatoms. The topological polar surface area (TPSA) is 21.3 Å². The van der Waals surface area contributed by atoms with Crippen LogP contribution in [0.2, 0.25) is 0 Å². The molecule has 1 rings (SSSR count). The first-order valence-corrected chi connectivity index (χ1v) is 5.01. The molecule has 0 aliphatic carbocycles. The predicted molar refractivity (Wildman–Crippen MR) is 56.4 cm³/mol. The van der Waals surface area contributed by atoms with E-state index in [2.05, 4.69) is 5.32 Å². The minimum atomic E-state index is -4.13. The Morgan fingerprint density at radius 1 is 1.06 bits per heavy atom. The molecule has 90 valence electrons. The number of ether oxygens (including phenoxy) is 1. The number of benzene rings is 1. The highest BCUT2D eigenvalue weighted by molar-refractivity contribution is 5.42. The maximum atomic E-state index is 11.7. The Morgan fingerprint density at radius 3 is 2.38 bits per heavy atom. The van der Waals surface area contributed by atoms with Crippen LogP contribution in [0.25, 0.3) is 0 Å². The molecule has 0 aromatic heterocycles. The van der Waals surface area contributed by atoms with Crippen molar-refractivity contribution >= 4 is 5.69 Å². The molecule has 16 heavy (non-hydrogen) atoms. The second-order valence-electron chi connectivity index (χ2n) is 3.27. The van der Waals surface area contributed by atoms with Gasteiger partial charge in [0.1, 0.15) is 0 Å². The second-order valence-corrected chi connectivity index (χ2v) is 3.27. The lowest BCUT2D eigenvalue weighted by molar-refractivity contribution is -0.144. The number of alkyl halides is 3. The van der Waals surface area contributed by atoms with Crippen LogP contribution in [0, 0.1) is 0 Å². The van der Waals surface area contributed by atoms with Gasteiger partial charge in [-0.3, -0.25) is 0 Å². The minimum Gasteiger partial charge on any atom is -0.383 e. The fraction of sp³-hybridized carbons (Fsp3) is 0.455. The van der Waals surface area contributed by atoms with Crippen molar-refractivity contribution in [3.05, 3.63) is 30.3 Å². The molecule has 1 N–H and O–H groups in total. The average molecular weight is 233 g/mol. The van der Waals surface area contributed by atoms with Gasteiger partial charge in [0.2, 0.25) is 0 Å². The third-order valence-corrected chi connectivity index (χ3v) is 1.88. The molecule has 0 spiro atoms. The summed E-state index contributed by atoms with van der Waals surface area (Å²) in [7, 11) is 0. The van der Waals surface area contributed by atoms with Gasteiger partial charge >= 0.3 is 6.18 Å². The Kier molecular flexibility index (Phi) is 5.11. The summed E-state index contributed by atoms with van der Waals surface area (Å²) < 4.78 is 40.1. The van der Waals surface area contributed by atoms with Gasteiger partial charge in [-0.15, -0.1) is 0 Å². The number of halogens is 3. The van der Waals surface area contributed by atoms with Gasteiger partial charge in [-0.1, -0.05) is 18.2 Å². The minimum absolute atomic E-state index is 0.269. The number of anilines is 1. The molecule has 1 aromatic carbocycles. The standard InChI is InChI=1S/C11H14F3NO/c12-11(13,14)6-8-16-9-7-15-10-4-2-1-3-5-10/h1-5,15H,6-9H2. The summed E-state index contributed by atoms with van der Waals surface area (Å²) in [6.45, 7) is 0.493. The van der Waals surface area contributed by atoms with E-state index >= 15 is 0 Å². The van der Waals surface area contributed by atoms with Gasteiger partial charge in [-0.25, -0.2) is 0 Å². The summed E-state index contributed by atoms with van der Waals surface area (Å²) in [4.78, 5) is 0. The SMILES string of the molecule is FC(F)(F)CCOCCNc1ccccc1. The molecule has 0 atom stereocenters. The molecule has 1 aromatic rings. The zero-order valence-electron chi connectivity index (χ0n) is 8.76. The van der Waals surface area contributed by atoms with Crippen LogP contribution in [-0.4, -0.2) is 25.9 Å². The van der Waals surface area contributed by atoms with Crippen LogP contribution >= 0.6 is 0 Å². The van der Waals surface area contributed by atoms with Gasteiger partial charge in [0.25, 0.3) is 0 Å². The third-order valence-electron chi connectivity index (χ3n) is 1.88. The van der Waals surface area contributed by atoms with Crippen molar-refractivity contribution in [2.75, 3.05) is 25.1 Å². The van der Waals surface area contributed by atoms with E-state index in [0.717, 1.165) is 5.69 Å². The van der Waals surface area contributed by atoms with E-state index < -0.39 is 12.6 Å². The Balaban J connectivity index is 2.01. The maximum absolute atomic E-state index is 11.7. The maximum Gasteiger partial charge on any atom is 0.391 e. The van der Waals surface area contributed by atoms with Crippen molar-refractivity contribution in [1.82, 2.24) is 0 Å². The largest absolute Gasteiger partial charge is 0.391 e. The Hall–Kier alpha value is -1.23. The second kappa shape index (κ2) is 6.37. The summed E-state index contributed by atoms with van der Waals surface area (Å²) in [6, 6.07) is 9.43. The van der Waals surface area contributed by atoms with Crippen molar-refractivity contribution < 1.29 is 17.9 Å². The van der Waals surface area contributed by atoms with Crippen LogP contribution in [0.3, 0.4) is 0 Å². The molecular formula is C11H14F3NO. The van der Waals surface area contributed by atoms with Gasteiger partial charge in [-0.05, 0) is 12.1 Å². The number of hydrogen-bond acceptors (Lipinski definition) is 2. The lowest BCUT2D eigenvalue weighted by Gasteiger charge is -2.08. The highest BCUT2D eigenvalue weighted by Crippen LogP contribution is 2.18. The Labute approximate surface area is 92.4 Å². The summed E-state index contributed by atoms with van der Waals surface area (Å²) in [5, 5.41) is 3.04. The number of nitrogens with one attached hydrogen (secondary N) is 1. The van der Waals surface area contributed by atoms with Crippen LogP contribution in [0.1, 0.15) is 6.42 Å². The molecule has 0 bridgehead atoms. The molecule has 0 saturated carbocycles. The first kappa shape index (κ1) is 12.8. The third kappa shape index (κ3) is 6.29. The normalized spacial score (nSPS) is 11.4. The monoisotopic (exact) mass is 233 g/mol. The average Bonchev–Trinajstić information content (AvgIpc) is 2.23. The smallest absolute Gasteiger partial charge is 0.383 e. The molecule has 0 heterocycles. The van der Waals surface area contributed by atoms with Crippen LogP contribution < -0.4 is 5.32 Å². The van der Waals surface area contributed by atoms with Crippen molar-refractivity contribution in [1.29, 1.82) is 0 Å². The van der Waals surface area contributed by atoms with Gasteiger partial charge in [0.05, 0.1) is 19.6 Å². The van der Waals surface area contributed by atoms with E-state index in [1.54, 1.807) is 0 Å². The van der Waals surface area contributed by atoms with Crippen LogP contribution in [0.15, 0.2) is 30.3 Å². The number of rotatable bonds is 6. The van der Waals surface area contributed by atoms with E-state index in [4.69, 9.17) is 4.74 Å². The molecule has 0 aliphatic heterocycles. The zero-order chi connectivity index (χ0) is 11.9. The van der Waals surface area contributed by atoms with Crippen molar-refractivity contribution in [3.63, 3.8) is 0 Å². The quantitative estimate of drug-likeness (QED) is 0.762. The summed E-state index contributed by atoms with van der Waals surface area (Å²) in [5.41, 5.74) is 0.932. The van der Waals surface area contributed by atoms with Crippen molar-refractivity contribution in [2.24, 2.45) is 0 Å². The fourth-order valence-corrected chi connectivity index (χ4v) is 1.11. The molecule has 0 aliphatic rings. The number of hydrogen-bond donors (Lipinski definition) is 1. The molecule has 0 fully saturated rings. The Bertz CT molecular complexity index is 287. The highest BCUT2D eigenvalue weighted by atomic mass is 19.4. The van der Waals surface area contributed by atoms with Crippen molar-refractivity contribution in [3.8, 4) is 0 Å². The van der Waals surface area contributed by atoms with E-state index in [-0.39, 0.29) is 13.2 Å². The summed E-state index contributed by atoms with van der Waals surface area (Å²) in [5.74, 6) is 0. The first-order valence-electron chi connectivity index (χ1n) is 5.01. The van der Waals surface area contributed by atoms with Gasteiger partial charge < -0.3 is 10.1 Å². The van der Waals surface area contributed by atoms with E-state index in [9.17, 15) is 13.2 Å². The van der Waals surface area contributed by atoms with Gasteiger partial charge in [0, 0.05) is 12.2 Å². The van der Waals surface area contributed by atoms with E-state index in [1.165, 1.54) is 0 Å². The number of para-hydroxylation sites is 1. The fourth-order valence-electron chi connectivity index (χ4n) is 1.11. The molecule has 0 radical (unpaired) electrons. The molecule has 0 saturated heterocycles. The van der Waals surface area contributed by atoms with Gasteiger partial charge in [0.15, 0.2) is 0 Å². The predicted octanol–water partition coefficient (Wildman–Crippen LogP) is 3.07.